The lowest BCUT2D eigenvalue weighted by Crippen LogP contribution is -2.34. The minimum absolute atomic E-state index is 0.0188. The van der Waals surface area contributed by atoms with Crippen LogP contribution in [0.1, 0.15) is 42.3 Å². The summed E-state index contributed by atoms with van der Waals surface area (Å²) in [7, 11) is 1.44. The van der Waals surface area contributed by atoms with Crippen LogP contribution in [0.3, 0.4) is 0 Å². The number of hydrogen-bond donors (Lipinski definition) is 2. The Balaban J connectivity index is 1.54. The third kappa shape index (κ3) is 4.16. The number of hydrogen-bond acceptors (Lipinski definition) is 7. The molecule has 2 unspecified atom stereocenters. The van der Waals surface area contributed by atoms with Crippen LogP contribution in [0.25, 0.3) is 10.2 Å². The molecule has 1 aliphatic carbocycles. The van der Waals surface area contributed by atoms with Gasteiger partial charge in [-0.1, -0.05) is 6.92 Å². The summed E-state index contributed by atoms with van der Waals surface area (Å²) in [6.45, 7) is 3.86. The predicted octanol–water partition coefficient (Wildman–Crippen LogP) is 3.77. The number of ether oxygens (including phenoxy) is 1. The number of aryl methyl sites for hydroxylation is 1. The molecule has 2 heterocycles. The van der Waals surface area contributed by atoms with E-state index in [-0.39, 0.29) is 17.1 Å². The van der Waals surface area contributed by atoms with E-state index in [0.717, 1.165) is 29.7 Å². The van der Waals surface area contributed by atoms with Crippen LogP contribution in [-0.2, 0) is 17.6 Å². The van der Waals surface area contributed by atoms with E-state index >= 15 is 0 Å². The van der Waals surface area contributed by atoms with Gasteiger partial charge >= 0.3 is 0 Å². The summed E-state index contributed by atoms with van der Waals surface area (Å²) in [5.41, 5.74) is 3.97. The number of halogens is 1. The van der Waals surface area contributed by atoms with Gasteiger partial charge in [-0.15, -0.1) is 11.3 Å². The Labute approximate surface area is 197 Å². The molecule has 0 saturated carbocycles. The first-order chi connectivity index (χ1) is 15.3. The Morgan fingerprint density at radius 1 is 1.50 bits per heavy atom. The summed E-state index contributed by atoms with van der Waals surface area (Å²) in [5, 5.41) is 14.5. The number of hydrazone groups is 1. The number of carbonyl (C=O) groups excluding carboxylic acids is 1. The third-order valence-corrected chi connectivity index (χ3v) is 7.46. The average molecular weight is 519 g/mol. The summed E-state index contributed by atoms with van der Waals surface area (Å²) in [5.74, 6) is 0.427. The predicted molar refractivity (Wildman–Crippen MR) is 128 cm³/mol. The first kappa shape index (κ1) is 22.5. The van der Waals surface area contributed by atoms with Crippen molar-refractivity contribution in [2.75, 3.05) is 7.11 Å². The molecule has 2 N–H and O–H groups in total. The topological polar surface area (TPSA) is 106 Å². The van der Waals surface area contributed by atoms with E-state index in [1.807, 2.05) is 0 Å². The molecule has 1 aliphatic rings. The van der Waals surface area contributed by atoms with Crippen LogP contribution in [0.5, 0.6) is 11.5 Å². The molecule has 2 aromatic heterocycles. The molecule has 1 amide bonds. The van der Waals surface area contributed by atoms with Gasteiger partial charge in [-0.25, -0.2) is 10.4 Å². The summed E-state index contributed by atoms with van der Waals surface area (Å²) in [6.07, 6.45) is 5.76. The lowest BCUT2D eigenvalue weighted by atomic mass is 9.89. The maximum Gasteiger partial charge on any atom is 0.263 e. The first-order valence-electron chi connectivity index (χ1n) is 10.2. The largest absolute Gasteiger partial charge is 0.503 e. The minimum Gasteiger partial charge on any atom is -0.503 e. The lowest BCUT2D eigenvalue weighted by Gasteiger charge is -2.18. The second kappa shape index (κ2) is 9.03. The molecule has 32 heavy (non-hydrogen) atoms. The van der Waals surface area contributed by atoms with Crippen molar-refractivity contribution in [2.24, 2.45) is 11.0 Å². The molecule has 1 aromatic carbocycles. The second-order valence-electron chi connectivity index (χ2n) is 7.95. The zero-order valence-corrected chi connectivity index (χ0v) is 20.3. The fourth-order valence-corrected chi connectivity index (χ4v) is 5.63. The Morgan fingerprint density at radius 2 is 2.28 bits per heavy atom. The number of aromatic nitrogens is 2. The maximum atomic E-state index is 13.2. The van der Waals surface area contributed by atoms with Crippen molar-refractivity contribution in [3.05, 3.63) is 49.3 Å². The number of carbonyl (C=O) groups is 1. The van der Waals surface area contributed by atoms with Crippen LogP contribution < -0.4 is 15.7 Å². The number of amides is 1. The van der Waals surface area contributed by atoms with Crippen molar-refractivity contribution in [1.82, 2.24) is 15.0 Å². The van der Waals surface area contributed by atoms with Gasteiger partial charge in [0.05, 0.1) is 29.5 Å². The number of nitrogens with one attached hydrogen (secondary N) is 1. The number of aromatic hydroxyl groups is 1. The summed E-state index contributed by atoms with van der Waals surface area (Å²) >= 11 is 4.83. The van der Waals surface area contributed by atoms with Crippen LogP contribution in [0.2, 0.25) is 0 Å². The van der Waals surface area contributed by atoms with Crippen molar-refractivity contribution in [1.29, 1.82) is 0 Å². The molecule has 2 atom stereocenters. The Morgan fingerprint density at radius 3 is 3.03 bits per heavy atom. The average Bonchev–Trinajstić information content (AvgIpc) is 3.14. The lowest BCUT2D eigenvalue weighted by molar-refractivity contribution is -0.123. The molecule has 0 saturated heterocycles. The highest BCUT2D eigenvalue weighted by Gasteiger charge is 2.25. The van der Waals surface area contributed by atoms with E-state index in [1.165, 1.54) is 29.1 Å². The summed E-state index contributed by atoms with van der Waals surface area (Å²) in [4.78, 5) is 32.3. The van der Waals surface area contributed by atoms with Crippen molar-refractivity contribution in [3.8, 4) is 11.5 Å². The van der Waals surface area contributed by atoms with Crippen molar-refractivity contribution in [2.45, 2.75) is 39.2 Å². The van der Waals surface area contributed by atoms with Gasteiger partial charge in [0.2, 0.25) is 0 Å². The normalized spacial score (nSPS) is 16.8. The highest BCUT2D eigenvalue weighted by atomic mass is 79.9. The molecule has 10 heteroatoms. The molecule has 0 fully saturated rings. The maximum absolute atomic E-state index is 13.2. The number of rotatable bonds is 5. The third-order valence-electron chi connectivity index (χ3n) is 5.70. The number of nitrogens with zero attached hydrogens (tertiary/aromatic N) is 3. The van der Waals surface area contributed by atoms with E-state index < -0.39 is 11.9 Å². The number of methoxy groups -OCH3 is 1. The van der Waals surface area contributed by atoms with Crippen LogP contribution in [-0.4, -0.2) is 33.9 Å². The van der Waals surface area contributed by atoms with Crippen LogP contribution in [0.4, 0.5) is 0 Å². The molecule has 0 spiro atoms. The van der Waals surface area contributed by atoms with Gasteiger partial charge in [-0.3, -0.25) is 14.2 Å². The zero-order chi connectivity index (χ0) is 23.0. The Hall–Kier alpha value is -2.72. The van der Waals surface area contributed by atoms with Crippen molar-refractivity contribution >= 4 is 49.6 Å². The molecule has 3 aromatic rings. The highest BCUT2D eigenvalue weighted by Crippen LogP contribution is 2.36. The highest BCUT2D eigenvalue weighted by molar-refractivity contribution is 9.10. The second-order valence-corrected chi connectivity index (χ2v) is 9.89. The molecular weight excluding hydrogens is 496 g/mol. The molecule has 0 bridgehead atoms. The van der Waals surface area contributed by atoms with Crippen molar-refractivity contribution < 1.29 is 14.6 Å². The monoisotopic (exact) mass is 518 g/mol. The zero-order valence-electron chi connectivity index (χ0n) is 17.9. The van der Waals surface area contributed by atoms with Gasteiger partial charge < -0.3 is 9.84 Å². The van der Waals surface area contributed by atoms with Crippen LogP contribution >= 0.6 is 27.3 Å². The van der Waals surface area contributed by atoms with Crippen LogP contribution in [0.15, 0.2) is 32.8 Å². The fraction of sp³-hybridized carbons (Fsp3) is 0.364. The summed E-state index contributed by atoms with van der Waals surface area (Å²) < 4.78 is 6.91. The van der Waals surface area contributed by atoms with Gasteiger partial charge in [-0.05, 0) is 71.3 Å². The number of phenols is 1. The van der Waals surface area contributed by atoms with Crippen LogP contribution in [0, 0.1) is 5.92 Å². The van der Waals surface area contributed by atoms with Crippen molar-refractivity contribution in [3.63, 3.8) is 0 Å². The van der Waals surface area contributed by atoms with Gasteiger partial charge in [0.25, 0.3) is 11.5 Å². The molecule has 0 radical (unpaired) electrons. The minimum atomic E-state index is -0.782. The molecular formula is C22H23BrN4O4S. The van der Waals surface area contributed by atoms with E-state index in [2.05, 4.69) is 38.4 Å². The number of thiophene rings is 1. The number of fused-ring (bicyclic) bond motifs is 3. The van der Waals surface area contributed by atoms with E-state index in [4.69, 9.17) is 4.74 Å². The summed E-state index contributed by atoms with van der Waals surface area (Å²) in [6, 6.07) is 2.44. The number of phenolic OH excluding ortho intramolecular Hbond substituents is 1. The quantitative estimate of drug-likeness (QED) is 0.395. The smallest absolute Gasteiger partial charge is 0.263 e. The molecule has 8 nitrogen and oxygen atoms in total. The van der Waals surface area contributed by atoms with Gasteiger partial charge in [-0.2, -0.15) is 5.10 Å². The Kier molecular flexibility index (Phi) is 6.34. The molecule has 0 aliphatic heterocycles. The van der Waals surface area contributed by atoms with Gasteiger partial charge in [0, 0.05) is 4.88 Å². The van der Waals surface area contributed by atoms with Gasteiger partial charge in [0.15, 0.2) is 11.5 Å². The molecule has 4 rings (SSSR count). The van der Waals surface area contributed by atoms with E-state index in [9.17, 15) is 14.7 Å². The Bertz CT molecular complexity index is 1280. The fourth-order valence-electron chi connectivity index (χ4n) is 3.83. The number of benzene rings is 1. The van der Waals surface area contributed by atoms with E-state index in [0.29, 0.717) is 21.3 Å². The molecule has 168 valence electrons. The van der Waals surface area contributed by atoms with E-state index in [1.54, 1.807) is 30.4 Å². The SMILES string of the molecule is COc1cc(/C=N/NC(=O)C(C)n2cnc3sc4c(c3c2=O)CCC(C)C4)cc(Br)c1O. The standard InChI is InChI=1S/C22H23BrN4O4S/c1-11-4-5-14-17(6-11)32-21-18(14)22(30)27(10-24-21)12(2)20(29)26-25-9-13-7-15(23)19(28)16(8-13)31-3/h7-12,28H,4-6H2,1-3H3,(H,26,29)/b25-9+. The first-order valence-corrected chi connectivity index (χ1v) is 11.8. The van der Waals surface area contributed by atoms with Gasteiger partial charge in [0.1, 0.15) is 10.9 Å².